The second-order valence-corrected chi connectivity index (χ2v) is 6.53. The predicted molar refractivity (Wildman–Crippen MR) is 72.8 cm³/mol. The molecule has 7 nitrogen and oxygen atoms in total. The van der Waals surface area contributed by atoms with Crippen LogP contribution in [0, 0.1) is 0 Å². The first-order valence-electron chi connectivity index (χ1n) is 6.10. The van der Waals surface area contributed by atoms with Gasteiger partial charge in [-0.1, -0.05) is 17.2 Å². The van der Waals surface area contributed by atoms with E-state index < -0.39 is 10.0 Å². The van der Waals surface area contributed by atoms with Gasteiger partial charge in [-0.15, -0.1) is 0 Å². The summed E-state index contributed by atoms with van der Waals surface area (Å²) in [5, 5.41) is 3.55. The molecular weight excluding hydrogens is 280 g/mol. The molecule has 1 aromatic carbocycles. The van der Waals surface area contributed by atoms with Crippen LogP contribution < -0.4 is 0 Å². The highest BCUT2D eigenvalue weighted by atomic mass is 32.2. The third-order valence-corrected chi connectivity index (χ3v) is 5.12. The molecule has 1 fully saturated rings. The van der Waals surface area contributed by atoms with E-state index in [-0.39, 0.29) is 23.3 Å². The van der Waals surface area contributed by atoms with Crippen LogP contribution in [0.15, 0.2) is 34.3 Å². The quantitative estimate of drug-likeness (QED) is 0.367. The molecule has 20 heavy (non-hydrogen) atoms. The molecule has 1 heterocycles. The first kappa shape index (κ1) is 14.5. The average Bonchev–Trinajstić information content (AvgIpc) is 2.88. The third-order valence-electron chi connectivity index (χ3n) is 3.24. The van der Waals surface area contributed by atoms with Crippen molar-refractivity contribution in [3.8, 4) is 0 Å². The summed E-state index contributed by atoms with van der Waals surface area (Å²) in [6, 6.07) is 5.53. The number of hydrogen-bond acceptors (Lipinski definition) is 4. The van der Waals surface area contributed by atoms with Gasteiger partial charge >= 0.3 is 0 Å². The van der Waals surface area contributed by atoms with Gasteiger partial charge in [0.1, 0.15) is 0 Å². The Kier molecular flexibility index (Phi) is 4.08. The molecular formula is C12H14N4O3S. The van der Waals surface area contributed by atoms with Crippen LogP contribution in [0.25, 0.3) is 10.4 Å². The van der Waals surface area contributed by atoms with E-state index in [1.165, 1.54) is 35.5 Å². The molecule has 0 amide bonds. The minimum Gasteiger partial charge on any atom is -0.295 e. The van der Waals surface area contributed by atoms with E-state index in [4.69, 9.17) is 5.53 Å². The smallest absolute Gasteiger partial charge is 0.243 e. The number of Topliss-reactive ketones (excluding diaryl/α,β-unsaturated/α-hetero) is 1. The Balaban J connectivity index is 2.22. The zero-order chi connectivity index (χ0) is 14.8. The summed E-state index contributed by atoms with van der Waals surface area (Å²) in [4.78, 5) is 14.0. The van der Waals surface area contributed by atoms with Gasteiger partial charge < -0.3 is 0 Å². The number of hydrogen-bond donors (Lipinski definition) is 0. The minimum absolute atomic E-state index is 0.112. The number of sulfonamides is 1. The van der Waals surface area contributed by atoms with E-state index in [0.29, 0.717) is 18.5 Å². The fourth-order valence-electron chi connectivity index (χ4n) is 2.11. The van der Waals surface area contributed by atoms with Gasteiger partial charge in [-0.3, -0.25) is 4.79 Å². The van der Waals surface area contributed by atoms with Crippen molar-refractivity contribution in [2.75, 3.05) is 13.1 Å². The maximum atomic E-state index is 12.4. The van der Waals surface area contributed by atoms with Crippen LogP contribution in [0.3, 0.4) is 0 Å². The standard InChI is InChI=1S/C12H14N4O3S/c1-9(17)10-2-4-12(5-3-10)20(18,19)16-7-6-11(8-16)14-15-13/h2-5,11H,6-8H2,1H3. The molecule has 1 aliphatic rings. The molecule has 1 atom stereocenters. The maximum absolute atomic E-state index is 12.4. The Morgan fingerprint density at radius 3 is 2.60 bits per heavy atom. The molecule has 1 saturated heterocycles. The highest BCUT2D eigenvalue weighted by Gasteiger charge is 2.31. The summed E-state index contributed by atoms with van der Waals surface area (Å²) < 4.78 is 26.0. The van der Waals surface area contributed by atoms with Gasteiger partial charge in [-0.05, 0) is 31.0 Å². The zero-order valence-electron chi connectivity index (χ0n) is 10.9. The Hall–Kier alpha value is -1.89. The molecule has 1 aliphatic heterocycles. The van der Waals surface area contributed by atoms with Gasteiger partial charge in [-0.25, -0.2) is 8.42 Å². The first-order chi connectivity index (χ1) is 9.45. The lowest BCUT2D eigenvalue weighted by Gasteiger charge is -2.15. The summed E-state index contributed by atoms with van der Waals surface area (Å²) in [5.74, 6) is -0.112. The summed E-state index contributed by atoms with van der Waals surface area (Å²) >= 11 is 0. The molecule has 0 N–H and O–H groups in total. The topological polar surface area (TPSA) is 103 Å². The van der Waals surface area contributed by atoms with Gasteiger partial charge in [0.2, 0.25) is 10.0 Å². The molecule has 0 aromatic heterocycles. The van der Waals surface area contributed by atoms with E-state index in [2.05, 4.69) is 10.0 Å². The van der Waals surface area contributed by atoms with Crippen LogP contribution in [0.2, 0.25) is 0 Å². The predicted octanol–water partition coefficient (Wildman–Crippen LogP) is 1.96. The molecule has 0 radical (unpaired) electrons. The SMILES string of the molecule is CC(=O)c1ccc(S(=O)(=O)N2CCC(N=[N+]=[N-])C2)cc1. The van der Waals surface area contributed by atoms with Crippen molar-refractivity contribution in [2.24, 2.45) is 5.11 Å². The average molecular weight is 294 g/mol. The van der Waals surface area contributed by atoms with Crippen molar-refractivity contribution in [1.82, 2.24) is 4.31 Å². The molecule has 1 aromatic rings. The molecule has 8 heteroatoms. The zero-order valence-corrected chi connectivity index (χ0v) is 11.7. The van der Waals surface area contributed by atoms with Crippen LogP contribution in [0.1, 0.15) is 23.7 Å². The van der Waals surface area contributed by atoms with Gasteiger partial charge in [0.25, 0.3) is 0 Å². The van der Waals surface area contributed by atoms with Crippen molar-refractivity contribution in [2.45, 2.75) is 24.3 Å². The lowest BCUT2D eigenvalue weighted by Crippen LogP contribution is -2.29. The van der Waals surface area contributed by atoms with E-state index in [1.54, 1.807) is 0 Å². The van der Waals surface area contributed by atoms with E-state index in [1.807, 2.05) is 0 Å². The fourth-order valence-corrected chi connectivity index (χ4v) is 3.60. The molecule has 1 unspecified atom stereocenters. The molecule has 2 rings (SSSR count). The second kappa shape index (κ2) is 5.62. The van der Waals surface area contributed by atoms with Gasteiger partial charge in [-0.2, -0.15) is 4.31 Å². The molecule has 0 saturated carbocycles. The van der Waals surface area contributed by atoms with Crippen molar-refractivity contribution < 1.29 is 13.2 Å². The number of carbonyl (C=O) groups excluding carboxylic acids is 1. The van der Waals surface area contributed by atoms with Gasteiger partial charge in [0.15, 0.2) is 5.78 Å². The molecule has 0 spiro atoms. The summed E-state index contributed by atoms with van der Waals surface area (Å²) in [6.07, 6.45) is 0.523. The van der Waals surface area contributed by atoms with Crippen LogP contribution in [0.4, 0.5) is 0 Å². The molecule has 106 valence electrons. The van der Waals surface area contributed by atoms with Crippen LogP contribution >= 0.6 is 0 Å². The monoisotopic (exact) mass is 294 g/mol. The summed E-state index contributed by atoms with van der Waals surface area (Å²) in [6.45, 7) is 1.95. The normalized spacial score (nSPS) is 19.6. The van der Waals surface area contributed by atoms with Gasteiger partial charge in [0.05, 0.1) is 10.9 Å². The Labute approximate surface area is 116 Å². The van der Waals surface area contributed by atoms with E-state index in [9.17, 15) is 13.2 Å². The van der Waals surface area contributed by atoms with E-state index >= 15 is 0 Å². The Morgan fingerprint density at radius 2 is 2.05 bits per heavy atom. The minimum atomic E-state index is -3.59. The van der Waals surface area contributed by atoms with Crippen LogP contribution in [0.5, 0.6) is 0 Å². The lowest BCUT2D eigenvalue weighted by molar-refractivity contribution is 0.101. The van der Waals surface area contributed by atoms with Crippen LogP contribution in [-0.4, -0.2) is 37.6 Å². The highest BCUT2D eigenvalue weighted by molar-refractivity contribution is 7.89. The number of azide groups is 1. The summed E-state index contributed by atoms with van der Waals surface area (Å²) in [7, 11) is -3.59. The number of rotatable bonds is 4. The van der Waals surface area contributed by atoms with Crippen molar-refractivity contribution in [3.63, 3.8) is 0 Å². The largest absolute Gasteiger partial charge is 0.295 e. The molecule has 0 aliphatic carbocycles. The van der Waals surface area contributed by atoms with Crippen LogP contribution in [-0.2, 0) is 10.0 Å². The van der Waals surface area contributed by atoms with Crippen molar-refractivity contribution in [1.29, 1.82) is 0 Å². The number of benzene rings is 1. The lowest BCUT2D eigenvalue weighted by atomic mass is 10.2. The number of nitrogens with zero attached hydrogens (tertiary/aromatic N) is 4. The number of ketones is 1. The second-order valence-electron chi connectivity index (χ2n) is 4.59. The Bertz CT molecular complexity index is 662. The fraction of sp³-hybridized carbons (Fsp3) is 0.417. The summed E-state index contributed by atoms with van der Waals surface area (Å²) in [5.41, 5.74) is 8.84. The Morgan fingerprint density at radius 1 is 1.40 bits per heavy atom. The highest BCUT2D eigenvalue weighted by Crippen LogP contribution is 2.22. The van der Waals surface area contributed by atoms with Gasteiger partial charge in [0, 0.05) is 23.6 Å². The third kappa shape index (κ3) is 2.82. The van der Waals surface area contributed by atoms with Crippen molar-refractivity contribution >= 4 is 15.8 Å². The first-order valence-corrected chi connectivity index (χ1v) is 7.54. The van der Waals surface area contributed by atoms with Crippen molar-refractivity contribution in [3.05, 3.63) is 40.3 Å². The van der Waals surface area contributed by atoms with E-state index in [0.717, 1.165) is 0 Å². The number of carbonyl (C=O) groups is 1. The molecule has 0 bridgehead atoms. The maximum Gasteiger partial charge on any atom is 0.243 e.